The Hall–Kier alpha value is -2.07. The first-order valence-electron chi connectivity index (χ1n) is 7.10. The normalized spacial score (nSPS) is 10.6. The first-order valence-corrected chi connectivity index (χ1v) is 8.96. The van der Waals surface area contributed by atoms with Gasteiger partial charge in [0.25, 0.3) is 0 Å². The molecule has 3 aromatic rings. The van der Waals surface area contributed by atoms with Crippen LogP contribution in [0, 0.1) is 11.3 Å². The van der Waals surface area contributed by atoms with Gasteiger partial charge in [-0.05, 0) is 23.1 Å². The molecule has 0 bridgehead atoms. The van der Waals surface area contributed by atoms with Gasteiger partial charge in [-0.3, -0.25) is 0 Å². The number of rotatable bonds is 6. The Morgan fingerprint density at radius 1 is 1.26 bits per heavy atom. The molecule has 23 heavy (non-hydrogen) atoms. The number of hydrogen-bond donors (Lipinski definition) is 1. The third kappa shape index (κ3) is 3.64. The van der Waals surface area contributed by atoms with Crippen LogP contribution in [0.2, 0.25) is 0 Å². The smallest absolute Gasteiger partial charge is 0.168 e. The van der Waals surface area contributed by atoms with E-state index in [1.54, 1.807) is 29.3 Å². The monoisotopic (exact) mass is 341 g/mol. The summed E-state index contributed by atoms with van der Waals surface area (Å²) in [6.45, 7) is 0.670. The third-order valence-electron chi connectivity index (χ3n) is 3.45. The molecule has 0 spiro atoms. The maximum absolute atomic E-state index is 9.52. The second-order valence-electron chi connectivity index (χ2n) is 4.91. The molecule has 6 heteroatoms. The van der Waals surface area contributed by atoms with Crippen molar-refractivity contribution in [3.63, 3.8) is 0 Å². The summed E-state index contributed by atoms with van der Waals surface area (Å²) in [7, 11) is 0. The minimum absolute atomic E-state index is 0.0340. The van der Waals surface area contributed by atoms with Crippen molar-refractivity contribution in [2.45, 2.75) is 24.1 Å². The molecule has 2 aromatic heterocycles. The molecule has 0 saturated carbocycles. The van der Waals surface area contributed by atoms with Gasteiger partial charge in [0.2, 0.25) is 0 Å². The summed E-state index contributed by atoms with van der Waals surface area (Å²) < 4.78 is 2.03. The number of aliphatic hydroxyl groups is 1. The quantitative estimate of drug-likeness (QED) is 0.695. The number of hydrogen-bond acceptors (Lipinski definition) is 5. The molecule has 1 aromatic carbocycles. The number of benzene rings is 1. The Labute approximate surface area is 143 Å². The Morgan fingerprint density at radius 2 is 2.13 bits per heavy atom. The van der Waals surface area contributed by atoms with E-state index in [1.807, 2.05) is 40.3 Å². The van der Waals surface area contributed by atoms with Crippen molar-refractivity contribution < 1.29 is 5.11 Å². The number of aromatic nitrogens is 2. The van der Waals surface area contributed by atoms with Gasteiger partial charge in [0, 0.05) is 10.6 Å². The molecule has 0 aliphatic rings. The minimum Gasteiger partial charge on any atom is -0.390 e. The number of nitrogens with zero attached hydrogens (tertiary/aromatic N) is 3. The largest absolute Gasteiger partial charge is 0.390 e. The van der Waals surface area contributed by atoms with E-state index >= 15 is 0 Å². The number of imidazole rings is 1. The maximum Gasteiger partial charge on any atom is 0.168 e. The molecule has 0 aliphatic heterocycles. The molecular formula is C17H15N3OS2. The molecule has 3 rings (SSSR count). The highest BCUT2D eigenvalue weighted by molar-refractivity contribution is 7.98. The summed E-state index contributed by atoms with van der Waals surface area (Å²) in [6, 6.07) is 13.9. The van der Waals surface area contributed by atoms with Gasteiger partial charge in [0.1, 0.15) is 0 Å². The summed E-state index contributed by atoms with van der Waals surface area (Å²) in [5, 5.41) is 21.6. The topological polar surface area (TPSA) is 61.8 Å². The summed E-state index contributed by atoms with van der Waals surface area (Å²) in [5.41, 5.74) is 2.49. The van der Waals surface area contributed by atoms with Crippen LogP contribution < -0.4 is 0 Å². The van der Waals surface area contributed by atoms with Gasteiger partial charge in [-0.15, -0.1) is 11.3 Å². The van der Waals surface area contributed by atoms with E-state index in [-0.39, 0.29) is 6.61 Å². The van der Waals surface area contributed by atoms with Crippen molar-refractivity contribution in [3.05, 3.63) is 69.7 Å². The summed E-state index contributed by atoms with van der Waals surface area (Å²) in [6.07, 6.45) is 1.71. The van der Waals surface area contributed by atoms with Gasteiger partial charge < -0.3 is 9.67 Å². The fraction of sp³-hybridized carbons (Fsp3) is 0.176. The van der Waals surface area contributed by atoms with Gasteiger partial charge in [-0.2, -0.15) is 5.26 Å². The second kappa shape index (κ2) is 7.47. The zero-order valence-corrected chi connectivity index (χ0v) is 14.0. The van der Waals surface area contributed by atoms with E-state index in [0.29, 0.717) is 17.9 Å². The molecule has 0 saturated heterocycles. The van der Waals surface area contributed by atoms with Crippen LogP contribution in [0.25, 0.3) is 0 Å². The van der Waals surface area contributed by atoms with E-state index in [2.05, 4.69) is 17.1 Å². The summed E-state index contributed by atoms with van der Waals surface area (Å²) in [5.74, 6) is 0.677. The highest BCUT2D eigenvalue weighted by atomic mass is 32.2. The highest BCUT2D eigenvalue weighted by Crippen LogP contribution is 2.26. The van der Waals surface area contributed by atoms with Crippen LogP contribution >= 0.6 is 23.1 Å². The molecular weight excluding hydrogens is 326 g/mol. The lowest BCUT2D eigenvalue weighted by Crippen LogP contribution is -2.05. The lowest BCUT2D eigenvalue weighted by atomic mass is 10.1. The third-order valence-corrected chi connectivity index (χ3v) is 5.35. The Morgan fingerprint density at radius 3 is 2.87 bits per heavy atom. The zero-order chi connectivity index (χ0) is 16.1. The van der Waals surface area contributed by atoms with Crippen LogP contribution in [0.5, 0.6) is 0 Å². The zero-order valence-electron chi connectivity index (χ0n) is 12.3. The number of thiophene rings is 1. The molecule has 0 amide bonds. The maximum atomic E-state index is 9.52. The van der Waals surface area contributed by atoms with E-state index in [1.165, 1.54) is 4.88 Å². The van der Waals surface area contributed by atoms with Crippen molar-refractivity contribution in [1.82, 2.24) is 9.55 Å². The van der Waals surface area contributed by atoms with E-state index in [0.717, 1.165) is 16.4 Å². The molecule has 0 aliphatic carbocycles. The molecule has 0 fully saturated rings. The molecule has 0 atom stereocenters. The highest BCUT2D eigenvalue weighted by Gasteiger charge is 2.12. The minimum atomic E-state index is -0.0340. The van der Waals surface area contributed by atoms with Gasteiger partial charge in [-0.25, -0.2) is 4.98 Å². The van der Waals surface area contributed by atoms with Crippen LogP contribution in [0.3, 0.4) is 0 Å². The van der Waals surface area contributed by atoms with Crippen molar-refractivity contribution >= 4 is 23.1 Å². The van der Waals surface area contributed by atoms with Crippen LogP contribution in [0.1, 0.15) is 21.7 Å². The van der Waals surface area contributed by atoms with Crippen molar-refractivity contribution in [2.75, 3.05) is 0 Å². The SMILES string of the molecule is N#Cc1ccccc1CSc1ncc(CO)n1Cc1cccs1. The fourth-order valence-corrected chi connectivity index (χ4v) is 3.95. The average Bonchev–Trinajstić information content (AvgIpc) is 3.23. The molecule has 0 unspecified atom stereocenters. The van der Waals surface area contributed by atoms with Crippen molar-refractivity contribution in [1.29, 1.82) is 5.26 Å². The van der Waals surface area contributed by atoms with Crippen LogP contribution in [0.15, 0.2) is 53.1 Å². The van der Waals surface area contributed by atoms with Crippen LogP contribution in [-0.2, 0) is 18.9 Å². The van der Waals surface area contributed by atoms with Crippen molar-refractivity contribution in [3.8, 4) is 6.07 Å². The number of aliphatic hydroxyl groups excluding tert-OH is 1. The lowest BCUT2D eigenvalue weighted by Gasteiger charge is -2.10. The molecule has 2 heterocycles. The average molecular weight is 341 g/mol. The number of nitriles is 1. The van der Waals surface area contributed by atoms with Gasteiger partial charge in [0.15, 0.2) is 5.16 Å². The lowest BCUT2D eigenvalue weighted by molar-refractivity contribution is 0.270. The van der Waals surface area contributed by atoms with Crippen molar-refractivity contribution in [2.24, 2.45) is 0 Å². The van der Waals surface area contributed by atoms with Gasteiger partial charge in [-0.1, -0.05) is 36.0 Å². The molecule has 0 radical (unpaired) electrons. The van der Waals surface area contributed by atoms with E-state index < -0.39 is 0 Å². The first kappa shape index (κ1) is 15.8. The predicted molar refractivity (Wildman–Crippen MR) is 92.3 cm³/mol. The Kier molecular flexibility index (Phi) is 5.13. The molecule has 1 N–H and O–H groups in total. The van der Waals surface area contributed by atoms with E-state index in [9.17, 15) is 10.4 Å². The fourth-order valence-electron chi connectivity index (χ4n) is 2.26. The van der Waals surface area contributed by atoms with E-state index in [4.69, 9.17) is 0 Å². The Bertz CT molecular complexity index is 819. The molecule has 4 nitrogen and oxygen atoms in total. The Balaban J connectivity index is 1.80. The van der Waals surface area contributed by atoms with Gasteiger partial charge >= 0.3 is 0 Å². The molecule has 116 valence electrons. The summed E-state index contributed by atoms with van der Waals surface area (Å²) >= 11 is 3.27. The van der Waals surface area contributed by atoms with Gasteiger partial charge in [0.05, 0.1) is 36.7 Å². The first-order chi connectivity index (χ1) is 11.3. The number of thioether (sulfide) groups is 1. The second-order valence-corrected chi connectivity index (χ2v) is 6.89. The van der Waals surface area contributed by atoms with Crippen LogP contribution in [-0.4, -0.2) is 14.7 Å². The predicted octanol–water partition coefficient (Wildman–Crippen LogP) is 3.65. The standard InChI is InChI=1S/C17H15N3OS2/c18-8-13-4-1-2-5-14(13)12-23-17-19-9-15(11-21)20(17)10-16-6-3-7-22-16/h1-7,9,21H,10-12H2. The van der Waals surface area contributed by atoms with Crippen LogP contribution in [0.4, 0.5) is 0 Å². The summed E-state index contributed by atoms with van der Waals surface area (Å²) in [4.78, 5) is 5.65.